The number of nitrogens with zero attached hydrogens (tertiary/aromatic N) is 2. The number of benzene rings is 1. The number of para-hydroxylation sites is 1. The van der Waals surface area contributed by atoms with Gasteiger partial charge in [0.25, 0.3) is 0 Å². The van der Waals surface area contributed by atoms with Gasteiger partial charge in [-0.25, -0.2) is 4.68 Å². The first kappa shape index (κ1) is 10.2. The maximum atomic E-state index is 6.18. The standard InChI is InChI=1S/C12H13ClN2/c1-3-11-12(13)9(2)14-15(11)10-7-5-4-6-8-10/h4-8H,3H2,1-2H3. The lowest BCUT2D eigenvalue weighted by atomic mass is 10.3. The van der Waals surface area contributed by atoms with E-state index < -0.39 is 0 Å². The van der Waals surface area contributed by atoms with Crippen molar-refractivity contribution in [2.75, 3.05) is 0 Å². The lowest BCUT2D eigenvalue weighted by molar-refractivity contribution is 0.805. The Morgan fingerprint density at radius 2 is 1.93 bits per heavy atom. The van der Waals surface area contributed by atoms with Crippen LogP contribution in [0.15, 0.2) is 30.3 Å². The molecule has 3 heteroatoms. The van der Waals surface area contributed by atoms with Gasteiger partial charge in [0.15, 0.2) is 0 Å². The van der Waals surface area contributed by atoms with Crippen LogP contribution in [0.4, 0.5) is 0 Å². The van der Waals surface area contributed by atoms with E-state index in [4.69, 9.17) is 11.6 Å². The highest BCUT2D eigenvalue weighted by Gasteiger charge is 2.12. The van der Waals surface area contributed by atoms with Crippen molar-refractivity contribution in [3.05, 3.63) is 46.7 Å². The zero-order valence-corrected chi connectivity index (χ0v) is 9.62. The van der Waals surface area contributed by atoms with Gasteiger partial charge in [-0.3, -0.25) is 0 Å². The Labute approximate surface area is 94.5 Å². The predicted molar refractivity (Wildman–Crippen MR) is 62.7 cm³/mol. The molecule has 0 saturated heterocycles. The van der Waals surface area contributed by atoms with Crippen molar-refractivity contribution in [1.29, 1.82) is 0 Å². The van der Waals surface area contributed by atoms with Crippen molar-refractivity contribution in [3.63, 3.8) is 0 Å². The zero-order chi connectivity index (χ0) is 10.8. The third-order valence-corrected chi connectivity index (χ3v) is 2.90. The van der Waals surface area contributed by atoms with E-state index in [1.54, 1.807) is 0 Å². The Balaban J connectivity index is 2.58. The van der Waals surface area contributed by atoms with Gasteiger partial charge in [-0.1, -0.05) is 36.7 Å². The molecule has 0 radical (unpaired) electrons. The van der Waals surface area contributed by atoms with Crippen molar-refractivity contribution in [1.82, 2.24) is 9.78 Å². The van der Waals surface area contributed by atoms with Gasteiger partial charge in [0.05, 0.1) is 22.1 Å². The van der Waals surface area contributed by atoms with Gasteiger partial charge in [-0.15, -0.1) is 0 Å². The monoisotopic (exact) mass is 220 g/mol. The highest BCUT2D eigenvalue weighted by Crippen LogP contribution is 2.23. The summed E-state index contributed by atoms with van der Waals surface area (Å²) in [6, 6.07) is 10.1. The van der Waals surface area contributed by atoms with Crippen LogP contribution in [-0.2, 0) is 6.42 Å². The average Bonchev–Trinajstić information content (AvgIpc) is 2.56. The molecule has 1 aromatic carbocycles. The van der Waals surface area contributed by atoms with E-state index in [1.807, 2.05) is 41.9 Å². The molecular weight excluding hydrogens is 208 g/mol. The molecule has 0 unspecified atom stereocenters. The molecule has 0 spiro atoms. The molecule has 1 heterocycles. The molecule has 0 aliphatic carbocycles. The molecule has 0 aliphatic rings. The van der Waals surface area contributed by atoms with E-state index in [0.717, 1.165) is 28.5 Å². The molecule has 0 atom stereocenters. The summed E-state index contributed by atoms with van der Waals surface area (Å²) in [5, 5.41) is 5.22. The van der Waals surface area contributed by atoms with Crippen LogP contribution in [0, 0.1) is 6.92 Å². The number of aromatic nitrogens is 2. The smallest absolute Gasteiger partial charge is 0.0851 e. The third-order valence-electron chi connectivity index (χ3n) is 2.41. The van der Waals surface area contributed by atoms with Gasteiger partial charge in [0.2, 0.25) is 0 Å². The van der Waals surface area contributed by atoms with Gasteiger partial charge in [0.1, 0.15) is 0 Å². The third kappa shape index (κ3) is 1.77. The van der Waals surface area contributed by atoms with Crippen molar-refractivity contribution in [2.24, 2.45) is 0 Å². The maximum absolute atomic E-state index is 6.18. The van der Waals surface area contributed by atoms with Gasteiger partial charge in [-0.05, 0) is 25.5 Å². The Hall–Kier alpha value is -1.28. The zero-order valence-electron chi connectivity index (χ0n) is 8.87. The maximum Gasteiger partial charge on any atom is 0.0851 e. The summed E-state index contributed by atoms with van der Waals surface area (Å²) in [5.74, 6) is 0. The first-order valence-corrected chi connectivity index (χ1v) is 5.41. The topological polar surface area (TPSA) is 17.8 Å². The SMILES string of the molecule is CCc1c(Cl)c(C)nn1-c1ccccc1. The van der Waals surface area contributed by atoms with Crippen molar-refractivity contribution in [3.8, 4) is 5.69 Å². The number of aryl methyl sites for hydroxylation is 1. The van der Waals surface area contributed by atoms with Crippen LogP contribution in [0.5, 0.6) is 0 Å². The highest BCUT2D eigenvalue weighted by molar-refractivity contribution is 6.31. The number of hydrogen-bond donors (Lipinski definition) is 0. The molecule has 0 bridgehead atoms. The van der Waals surface area contributed by atoms with Crippen molar-refractivity contribution in [2.45, 2.75) is 20.3 Å². The lowest BCUT2D eigenvalue weighted by Gasteiger charge is -2.05. The predicted octanol–water partition coefficient (Wildman–Crippen LogP) is 3.40. The molecule has 78 valence electrons. The Morgan fingerprint density at radius 1 is 1.27 bits per heavy atom. The number of rotatable bonds is 2. The van der Waals surface area contributed by atoms with Gasteiger partial charge < -0.3 is 0 Å². The molecule has 15 heavy (non-hydrogen) atoms. The Morgan fingerprint density at radius 3 is 2.53 bits per heavy atom. The average molecular weight is 221 g/mol. The van der Waals surface area contributed by atoms with E-state index in [-0.39, 0.29) is 0 Å². The second kappa shape index (κ2) is 4.07. The van der Waals surface area contributed by atoms with Gasteiger partial charge in [-0.2, -0.15) is 5.10 Å². The highest BCUT2D eigenvalue weighted by atomic mass is 35.5. The summed E-state index contributed by atoms with van der Waals surface area (Å²) in [4.78, 5) is 0. The van der Waals surface area contributed by atoms with E-state index in [0.29, 0.717) is 0 Å². The molecule has 2 aromatic rings. The fourth-order valence-corrected chi connectivity index (χ4v) is 1.90. The van der Waals surface area contributed by atoms with Crippen LogP contribution in [-0.4, -0.2) is 9.78 Å². The van der Waals surface area contributed by atoms with Crippen LogP contribution in [0.1, 0.15) is 18.3 Å². The van der Waals surface area contributed by atoms with Crippen molar-refractivity contribution < 1.29 is 0 Å². The summed E-state index contributed by atoms with van der Waals surface area (Å²) < 4.78 is 1.91. The van der Waals surface area contributed by atoms with E-state index in [9.17, 15) is 0 Å². The second-order valence-corrected chi connectivity index (χ2v) is 3.82. The molecule has 0 N–H and O–H groups in total. The fourth-order valence-electron chi connectivity index (χ4n) is 1.64. The number of halogens is 1. The largest absolute Gasteiger partial charge is 0.236 e. The fraction of sp³-hybridized carbons (Fsp3) is 0.250. The van der Waals surface area contributed by atoms with Crippen LogP contribution in [0.2, 0.25) is 5.02 Å². The quantitative estimate of drug-likeness (QED) is 0.759. The summed E-state index contributed by atoms with van der Waals surface area (Å²) in [6.45, 7) is 4.02. The second-order valence-electron chi connectivity index (χ2n) is 3.45. The lowest BCUT2D eigenvalue weighted by Crippen LogP contribution is -2.00. The van der Waals surface area contributed by atoms with Gasteiger partial charge in [0, 0.05) is 0 Å². The molecule has 0 amide bonds. The van der Waals surface area contributed by atoms with E-state index >= 15 is 0 Å². The van der Waals surface area contributed by atoms with Gasteiger partial charge >= 0.3 is 0 Å². The van der Waals surface area contributed by atoms with Crippen LogP contribution in [0.25, 0.3) is 5.69 Å². The van der Waals surface area contributed by atoms with Crippen LogP contribution < -0.4 is 0 Å². The number of hydrogen-bond acceptors (Lipinski definition) is 1. The molecule has 2 rings (SSSR count). The molecular formula is C12H13ClN2. The summed E-state index contributed by atoms with van der Waals surface area (Å²) in [6.07, 6.45) is 0.883. The minimum Gasteiger partial charge on any atom is -0.236 e. The summed E-state index contributed by atoms with van der Waals surface area (Å²) in [5.41, 5.74) is 3.02. The normalized spacial score (nSPS) is 10.6. The van der Waals surface area contributed by atoms with Crippen molar-refractivity contribution >= 4 is 11.6 Å². The van der Waals surface area contributed by atoms with Crippen LogP contribution >= 0.6 is 11.6 Å². The molecule has 0 fully saturated rings. The minimum absolute atomic E-state index is 0.779. The van der Waals surface area contributed by atoms with E-state index in [1.165, 1.54) is 0 Å². The molecule has 2 nitrogen and oxygen atoms in total. The summed E-state index contributed by atoms with van der Waals surface area (Å²) in [7, 11) is 0. The molecule has 0 saturated carbocycles. The first-order chi connectivity index (χ1) is 7.24. The van der Waals surface area contributed by atoms with Crippen LogP contribution in [0.3, 0.4) is 0 Å². The molecule has 0 aliphatic heterocycles. The summed E-state index contributed by atoms with van der Waals surface area (Å²) >= 11 is 6.18. The Kier molecular flexibility index (Phi) is 2.78. The Bertz CT molecular complexity index is 460. The minimum atomic E-state index is 0.779. The van der Waals surface area contributed by atoms with E-state index in [2.05, 4.69) is 12.0 Å². The first-order valence-electron chi connectivity index (χ1n) is 5.03. The molecule has 1 aromatic heterocycles.